The Kier molecular flexibility index (Phi) is 8.14. The van der Waals surface area contributed by atoms with Gasteiger partial charge in [-0.1, -0.05) is 0 Å². The summed E-state index contributed by atoms with van der Waals surface area (Å²) < 4.78 is 91.3. The monoisotopic (exact) mass is 587 g/mol. The number of carbonyl (C=O) groups is 3. The molecule has 0 bridgehead atoms. The predicted molar refractivity (Wildman–Crippen MR) is 134 cm³/mol. The molecule has 0 spiro atoms. The highest BCUT2D eigenvalue weighted by Gasteiger charge is 2.42. The number of fused-ring (bicyclic) bond motifs is 2. The lowest BCUT2D eigenvalue weighted by Crippen LogP contribution is -2.47. The summed E-state index contributed by atoms with van der Waals surface area (Å²) in [5, 5.41) is 0. The van der Waals surface area contributed by atoms with E-state index in [-0.39, 0.29) is 19.1 Å². The van der Waals surface area contributed by atoms with Crippen molar-refractivity contribution in [3.8, 4) is 0 Å². The van der Waals surface area contributed by atoms with Crippen LogP contribution in [0.3, 0.4) is 0 Å². The standard InChI is InChI=1S/C27H27F6N3O5/c1-4-41-25(39)36-15(2)7-22(20-12-21-17(10-23(20)36)5-6-34(21)14-37)35(24(38)40-3)13-16-8-18(26(28,29)30)11-19(9-16)27(31,32)33/h8-12,14-15,22H,4-7,13H2,1-3H3/t15-,22+/m1/s1. The highest BCUT2D eigenvalue weighted by molar-refractivity contribution is 5.92. The van der Waals surface area contributed by atoms with Gasteiger partial charge in [-0.15, -0.1) is 0 Å². The Morgan fingerprint density at radius 3 is 2.20 bits per heavy atom. The molecule has 222 valence electrons. The number of hydrogen-bond donors (Lipinski definition) is 0. The maximum absolute atomic E-state index is 13.5. The molecule has 2 aliphatic rings. The fourth-order valence-corrected chi connectivity index (χ4v) is 5.34. The molecule has 3 amide bonds. The van der Waals surface area contributed by atoms with Crippen molar-refractivity contribution >= 4 is 30.0 Å². The van der Waals surface area contributed by atoms with E-state index in [0.717, 1.165) is 17.6 Å². The van der Waals surface area contributed by atoms with E-state index < -0.39 is 59.9 Å². The van der Waals surface area contributed by atoms with Gasteiger partial charge in [0.25, 0.3) is 0 Å². The van der Waals surface area contributed by atoms with Gasteiger partial charge < -0.3 is 14.4 Å². The summed E-state index contributed by atoms with van der Waals surface area (Å²) in [6.07, 6.45) is -10.7. The van der Waals surface area contributed by atoms with Gasteiger partial charge in [-0.3, -0.25) is 14.6 Å². The summed E-state index contributed by atoms with van der Waals surface area (Å²) in [6.45, 7) is 3.09. The minimum absolute atomic E-state index is 0.0124. The Labute approximate surface area is 231 Å². The summed E-state index contributed by atoms with van der Waals surface area (Å²) in [6, 6.07) is 2.89. The van der Waals surface area contributed by atoms with Crippen LogP contribution in [0.1, 0.15) is 54.1 Å². The minimum atomic E-state index is -5.07. The lowest BCUT2D eigenvalue weighted by atomic mass is 9.88. The van der Waals surface area contributed by atoms with Crippen LogP contribution in [0.4, 0.5) is 47.3 Å². The molecule has 0 aromatic heterocycles. The van der Waals surface area contributed by atoms with Gasteiger partial charge in [0.15, 0.2) is 0 Å². The minimum Gasteiger partial charge on any atom is -0.453 e. The summed E-state index contributed by atoms with van der Waals surface area (Å²) >= 11 is 0. The van der Waals surface area contributed by atoms with Gasteiger partial charge >= 0.3 is 24.5 Å². The van der Waals surface area contributed by atoms with E-state index in [9.17, 15) is 40.7 Å². The zero-order valence-electron chi connectivity index (χ0n) is 22.3. The predicted octanol–water partition coefficient (Wildman–Crippen LogP) is 6.31. The highest BCUT2D eigenvalue weighted by Crippen LogP contribution is 2.46. The number of benzene rings is 2. The third-order valence-corrected chi connectivity index (χ3v) is 7.16. The van der Waals surface area contributed by atoms with Crippen molar-refractivity contribution in [2.24, 2.45) is 0 Å². The van der Waals surface area contributed by atoms with E-state index in [1.807, 2.05) is 0 Å². The number of hydrogen-bond acceptors (Lipinski definition) is 5. The number of nitrogens with zero attached hydrogens (tertiary/aromatic N) is 3. The Balaban J connectivity index is 1.86. The number of amides is 3. The maximum Gasteiger partial charge on any atom is 0.416 e. The van der Waals surface area contributed by atoms with E-state index in [2.05, 4.69) is 0 Å². The van der Waals surface area contributed by atoms with Crippen molar-refractivity contribution in [3.05, 3.63) is 58.1 Å². The molecular weight excluding hydrogens is 560 g/mol. The highest BCUT2D eigenvalue weighted by atomic mass is 19.4. The smallest absolute Gasteiger partial charge is 0.416 e. The number of alkyl halides is 6. The molecule has 0 fully saturated rings. The zero-order chi connectivity index (χ0) is 30.3. The van der Waals surface area contributed by atoms with Gasteiger partial charge in [0.2, 0.25) is 6.41 Å². The largest absolute Gasteiger partial charge is 0.453 e. The van der Waals surface area contributed by atoms with Crippen LogP contribution < -0.4 is 9.80 Å². The van der Waals surface area contributed by atoms with E-state index in [4.69, 9.17) is 9.47 Å². The van der Waals surface area contributed by atoms with Gasteiger partial charge in [0, 0.05) is 30.4 Å². The van der Waals surface area contributed by atoms with Crippen molar-refractivity contribution in [1.29, 1.82) is 0 Å². The van der Waals surface area contributed by atoms with E-state index >= 15 is 0 Å². The Bertz CT molecular complexity index is 1310. The third kappa shape index (κ3) is 5.91. The topological polar surface area (TPSA) is 79.4 Å². The molecule has 8 nitrogen and oxygen atoms in total. The summed E-state index contributed by atoms with van der Waals surface area (Å²) in [5.74, 6) is 0. The van der Waals surface area contributed by atoms with Crippen molar-refractivity contribution < 1.29 is 50.2 Å². The number of halogens is 6. The second kappa shape index (κ2) is 11.1. The first-order valence-corrected chi connectivity index (χ1v) is 12.7. The molecule has 2 atom stereocenters. The van der Waals surface area contributed by atoms with Gasteiger partial charge in [-0.05, 0) is 68.1 Å². The van der Waals surface area contributed by atoms with Crippen LogP contribution >= 0.6 is 0 Å². The average molecular weight is 588 g/mol. The first kappa shape index (κ1) is 30.0. The van der Waals surface area contributed by atoms with Crippen LogP contribution in [0.25, 0.3) is 0 Å². The van der Waals surface area contributed by atoms with Crippen molar-refractivity contribution in [2.45, 2.75) is 57.7 Å². The van der Waals surface area contributed by atoms with Crippen LogP contribution in [0.5, 0.6) is 0 Å². The van der Waals surface area contributed by atoms with Crippen LogP contribution in [0, 0.1) is 0 Å². The lowest BCUT2D eigenvalue weighted by molar-refractivity contribution is -0.143. The molecule has 2 aromatic rings. The van der Waals surface area contributed by atoms with Crippen molar-refractivity contribution in [1.82, 2.24) is 4.90 Å². The normalized spacial score (nSPS) is 18.5. The van der Waals surface area contributed by atoms with Gasteiger partial charge in [-0.25, -0.2) is 9.59 Å². The van der Waals surface area contributed by atoms with Gasteiger partial charge in [0.1, 0.15) is 0 Å². The van der Waals surface area contributed by atoms with Crippen LogP contribution in [0.15, 0.2) is 30.3 Å². The quantitative estimate of drug-likeness (QED) is 0.303. The van der Waals surface area contributed by atoms with Gasteiger partial charge in [-0.2, -0.15) is 26.3 Å². The molecule has 0 radical (unpaired) electrons. The summed E-state index contributed by atoms with van der Waals surface area (Å²) in [5.41, 5.74) is -1.48. The Hall–Kier alpha value is -3.97. The fraction of sp³-hybridized carbons (Fsp3) is 0.444. The SMILES string of the molecule is CCOC(=O)N1c2cc3c(cc2[C@@H](N(Cc2cc(C(F)(F)F)cc(C(F)(F)F)c2)C(=O)OC)C[C@H]1C)N(C=O)CC3. The second-order valence-electron chi connectivity index (χ2n) is 9.77. The van der Waals surface area contributed by atoms with Crippen LogP contribution in [-0.4, -0.2) is 49.8 Å². The average Bonchev–Trinajstić information content (AvgIpc) is 3.30. The molecular formula is C27H27F6N3O5. The summed E-state index contributed by atoms with van der Waals surface area (Å²) in [4.78, 5) is 41.5. The Morgan fingerprint density at radius 1 is 1.02 bits per heavy atom. The number of ether oxygens (including phenoxy) is 2. The zero-order valence-corrected chi connectivity index (χ0v) is 22.3. The molecule has 2 heterocycles. The molecule has 14 heteroatoms. The molecule has 41 heavy (non-hydrogen) atoms. The number of carbonyl (C=O) groups excluding carboxylic acids is 3. The first-order chi connectivity index (χ1) is 19.2. The molecule has 0 N–H and O–H groups in total. The molecule has 4 rings (SSSR count). The summed E-state index contributed by atoms with van der Waals surface area (Å²) in [7, 11) is 1.04. The molecule has 0 saturated carbocycles. The number of rotatable bonds is 5. The second-order valence-corrected chi connectivity index (χ2v) is 9.77. The first-order valence-electron chi connectivity index (χ1n) is 12.7. The van der Waals surface area contributed by atoms with Crippen LogP contribution in [0.2, 0.25) is 0 Å². The van der Waals surface area contributed by atoms with E-state index in [0.29, 0.717) is 48.4 Å². The number of methoxy groups -OCH3 is 1. The van der Waals surface area contributed by atoms with Gasteiger partial charge in [0.05, 0.1) is 36.6 Å². The number of anilines is 2. The van der Waals surface area contributed by atoms with E-state index in [1.54, 1.807) is 26.0 Å². The molecule has 0 aliphatic carbocycles. The van der Waals surface area contributed by atoms with Crippen molar-refractivity contribution in [2.75, 3.05) is 30.1 Å². The molecule has 0 saturated heterocycles. The molecule has 0 unspecified atom stereocenters. The van der Waals surface area contributed by atoms with Crippen molar-refractivity contribution in [3.63, 3.8) is 0 Å². The Morgan fingerprint density at radius 2 is 1.66 bits per heavy atom. The maximum atomic E-state index is 13.5. The lowest BCUT2D eigenvalue weighted by Gasteiger charge is -2.43. The molecule has 2 aliphatic heterocycles. The fourth-order valence-electron chi connectivity index (χ4n) is 5.34. The van der Waals surface area contributed by atoms with E-state index in [1.165, 1.54) is 9.80 Å². The third-order valence-electron chi connectivity index (χ3n) is 7.16. The van der Waals surface area contributed by atoms with Crippen LogP contribution in [-0.2, 0) is 39.6 Å². The molecule has 2 aromatic carbocycles.